The maximum atomic E-state index is 13.0. The first-order chi connectivity index (χ1) is 15.3. The number of nitrogens with zero attached hydrogens (tertiary/aromatic N) is 2. The maximum absolute atomic E-state index is 13.0. The summed E-state index contributed by atoms with van der Waals surface area (Å²) in [4.78, 5) is 29.9. The first-order valence-electron chi connectivity index (χ1n) is 11.5. The zero-order valence-electron chi connectivity index (χ0n) is 19.3. The van der Waals surface area contributed by atoms with Crippen LogP contribution in [0.5, 0.6) is 5.75 Å². The summed E-state index contributed by atoms with van der Waals surface area (Å²) in [5.74, 6) is 0.512. The Bertz CT molecular complexity index is 968. The normalized spacial score (nSPS) is 18.7. The number of anilines is 1. The predicted molar refractivity (Wildman–Crippen MR) is 126 cm³/mol. The minimum absolute atomic E-state index is 0.0450. The topological polar surface area (TPSA) is 61.9 Å². The van der Waals surface area contributed by atoms with Gasteiger partial charge in [-0.1, -0.05) is 36.4 Å². The minimum Gasteiger partial charge on any atom is -0.476 e. The van der Waals surface area contributed by atoms with Crippen molar-refractivity contribution in [3.8, 4) is 5.75 Å². The van der Waals surface area contributed by atoms with Gasteiger partial charge in [0.1, 0.15) is 5.75 Å². The number of fused-ring (bicyclic) bond motifs is 1. The molecule has 2 aromatic rings. The van der Waals surface area contributed by atoms with Crippen molar-refractivity contribution >= 4 is 17.5 Å². The first kappa shape index (κ1) is 22.3. The van der Waals surface area contributed by atoms with Crippen molar-refractivity contribution in [3.63, 3.8) is 0 Å². The molecule has 0 aliphatic carbocycles. The van der Waals surface area contributed by atoms with Gasteiger partial charge in [-0.2, -0.15) is 0 Å². The SMILES string of the molecule is Cc1ccc2c(c1)N(CCC(=O)NCC(c1ccccc1)N1CCCC1)C(=O)C(C)(C)O2. The van der Waals surface area contributed by atoms with Gasteiger partial charge in [0, 0.05) is 19.5 Å². The van der Waals surface area contributed by atoms with E-state index in [1.54, 1.807) is 18.7 Å². The van der Waals surface area contributed by atoms with Crippen molar-refractivity contribution in [2.24, 2.45) is 0 Å². The second-order valence-corrected chi connectivity index (χ2v) is 9.26. The van der Waals surface area contributed by atoms with E-state index in [0.29, 0.717) is 18.8 Å². The summed E-state index contributed by atoms with van der Waals surface area (Å²) in [6.07, 6.45) is 2.65. The average molecular weight is 436 g/mol. The van der Waals surface area contributed by atoms with Crippen molar-refractivity contribution in [2.45, 2.75) is 51.7 Å². The zero-order valence-corrected chi connectivity index (χ0v) is 19.3. The van der Waals surface area contributed by atoms with E-state index in [-0.39, 0.29) is 24.3 Å². The molecule has 0 spiro atoms. The van der Waals surface area contributed by atoms with E-state index in [9.17, 15) is 9.59 Å². The van der Waals surface area contributed by atoms with E-state index in [4.69, 9.17) is 4.74 Å². The number of aryl methyl sites for hydroxylation is 1. The summed E-state index contributed by atoms with van der Waals surface area (Å²) in [6, 6.07) is 16.4. The molecule has 0 bridgehead atoms. The van der Waals surface area contributed by atoms with Crippen LogP contribution in [0.15, 0.2) is 48.5 Å². The lowest BCUT2D eigenvalue weighted by molar-refractivity contribution is -0.132. The van der Waals surface area contributed by atoms with Gasteiger partial charge in [0.05, 0.1) is 11.7 Å². The number of ether oxygens (including phenoxy) is 1. The Labute approximate surface area is 190 Å². The van der Waals surface area contributed by atoms with Gasteiger partial charge in [-0.05, 0) is 70.0 Å². The molecule has 6 nitrogen and oxygen atoms in total. The molecule has 0 saturated carbocycles. The van der Waals surface area contributed by atoms with Crippen molar-refractivity contribution in [3.05, 3.63) is 59.7 Å². The fourth-order valence-corrected chi connectivity index (χ4v) is 4.60. The molecule has 2 aromatic carbocycles. The van der Waals surface area contributed by atoms with E-state index >= 15 is 0 Å². The minimum atomic E-state index is -0.951. The van der Waals surface area contributed by atoms with Gasteiger partial charge in [-0.15, -0.1) is 0 Å². The fourth-order valence-electron chi connectivity index (χ4n) is 4.60. The van der Waals surface area contributed by atoms with E-state index in [1.807, 2.05) is 43.3 Å². The Morgan fingerprint density at radius 3 is 2.56 bits per heavy atom. The van der Waals surface area contributed by atoms with Crippen LogP contribution < -0.4 is 15.0 Å². The monoisotopic (exact) mass is 435 g/mol. The number of amides is 2. The molecular formula is C26H33N3O3. The molecule has 1 atom stereocenters. The number of carbonyl (C=O) groups is 2. The highest BCUT2D eigenvalue weighted by Crippen LogP contribution is 2.38. The second kappa shape index (κ2) is 9.33. The summed E-state index contributed by atoms with van der Waals surface area (Å²) in [6.45, 7) is 8.54. The lowest BCUT2D eigenvalue weighted by atomic mass is 10.0. The molecule has 2 heterocycles. The maximum Gasteiger partial charge on any atom is 0.270 e. The van der Waals surface area contributed by atoms with Crippen LogP contribution >= 0.6 is 0 Å². The predicted octanol–water partition coefficient (Wildman–Crippen LogP) is 3.84. The zero-order chi connectivity index (χ0) is 22.7. The summed E-state index contributed by atoms with van der Waals surface area (Å²) in [5.41, 5.74) is 2.06. The highest BCUT2D eigenvalue weighted by Gasteiger charge is 2.40. The third kappa shape index (κ3) is 4.80. The van der Waals surface area contributed by atoms with Crippen LogP contribution in [0.4, 0.5) is 5.69 Å². The van der Waals surface area contributed by atoms with Crippen LogP contribution in [0, 0.1) is 6.92 Å². The van der Waals surface area contributed by atoms with E-state index in [0.717, 1.165) is 24.3 Å². The lowest BCUT2D eigenvalue weighted by Gasteiger charge is -2.39. The van der Waals surface area contributed by atoms with Crippen LogP contribution in [0.1, 0.15) is 50.3 Å². The van der Waals surface area contributed by atoms with Crippen LogP contribution in [-0.2, 0) is 9.59 Å². The molecular weight excluding hydrogens is 402 g/mol. The number of hydrogen-bond acceptors (Lipinski definition) is 4. The van der Waals surface area contributed by atoms with Crippen molar-refractivity contribution < 1.29 is 14.3 Å². The third-order valence-electron chi connectivity index (χ3n) is 6.35. The van der Waals surface area contributed by atoms with E-state index in [1.165, 1.54) is 18.4 Å². The number of nitrogens with one attached hydrogen (secondary N) is 1. The van der Waals surface area contributed by atoms with Gasteiger partial charge in [0.25, 0.3) is 5.91 Å². The number of rotatable bonds is 7. The molecule has 2 amide bonds. The molecule has 1 N–H and O–H groups in total. The van der Waals surface area contributed by atoms with Crippen LogP contribution in [0.2, 0.25) is 0 Å². The average Bonchev–Trinajstić information content (AvgIpc) is 3.30. The Kier molecular flexibility index (Phi) is 6.51. The summed E-state index contributed by atoms with van der Waals surface area (Å²) >= 11 is 0. The largest absolute Gasteiger partial charge is 0.476 e. The summed E-state index contributed by atoms with van der Waals surface area (Å²) in [7, 11) is 0. The molecule has 6 heteroatoms. The number of hydrogen-bond donors (Lipinski definition) is 1. The fraction of sp³-hybridized carbons (Fsp3) is 0.462. The van der Waals surface area contributed by atoms with Gasteiger partial charge >= 0.3 is 0 Å². The molecule has 2 aliphatic heterocycles. The molecule has 170 valence electrons. The number of likely N-dealkylation sites (tertiary alicyclic amines) is 1. The molecule has 2 aliphatic rings. The molecule has 1 fully saturated rings. The first-order valence-corrected chi connectivity index (χ1v) is 11.5. The molecule has 4 rings (SSSR count). The molecule has 1 saturated heterocycles. The summed E-state index contributed by atoms with van der Waals surface area (Å²) < 4.78 is 5.91. The quantitative estimate of drug-likeness (QED) is 0.718. The van der Waals surface area contributed by atoms with Gasteiger partial charge in [-0.25, -0.2) is 0 Å². The second-order valence-electron chi connectivity index (χ2n) is 9.26. The number of carbonyl (C=O) groups excluding carboxylic acids is 2. The Hall–Kier alpha value is -2.86. The van der Waals surface area contributed by atoms with E-state index in [2.05, 4.69) is 22.3 Å². The van der Waals surface area contributed by atoms with Crippen molar-refractivity contribution in [1.29, 1.82) is 0 Å². The van der Waals surface area contributed by atoms with Gasteiger partial charge in [0.2, 0.25) is 5.91 Å². The van der Waals surface area contributed by atoms with Gasteiger partial charge in [0.15, 0.2) is 5.60 Å². The van der Waals surface area contributed by atoms with E-state index < -0.39 is 5.60 Å². The standard InChI is InChI=1S/C26H33N3O3/c1-19-11-12-23-21(17-19)29(25(31)26(2,3)32-23)16-13-24(30)27-18-22(28-14-7-8-15-28)20-9-5-4-6-10-20/h4-6,9-12,17,22H,7-8,13-16,18H2,1-3H3,(H,27,30). The smallest absolute Gasteiger partial charge is 0.270 e. The van der Waals surface area contributed by atoms with Crippen LogP contribution in [0.3, 0.4) is 0 Å². The van der Waals surface area contributed by atoms with Crippen LogP contribution in [-0.4, -0.2) is 48.5 Å². The Morgan fingerprint density at radius 1 is 1.12 bits per heavy atom. The Balaban J connectivity index is 1.41. The molecule has 32 heavy (non-hydrogen) atoms. The lowest BCUT2D eigenvalue weighted by Crippen LogP contribution is -2.53. The Morgan fingerprint density at radius 2 is 1.84 bits per heavy atom. The van der Waals surface area contributed by atoms with Crippen LogP contribution in [0.25, 0.3) is 0 Å². The highest BCUT2D eigenvalue weighted by atomic mass is 16.5. The van der Waals surface area contributed by atoms with Crippen molar-refractivity contribution in [1.82, 2.24) is 10.2 Å². The molecule has 0 radical (unpaired) electrons. The number of benzene rings is 2. The van der Waals surface area contributed by atoms with Gasteiger partial charge in [-0.3, -0.25) is 14.5 Å². The molecule has 1 unspecified atom stereocenters. The molecule has 0 aromatic heterocycles. The highest BCUT2D eigenvalue weighted by molar-refractivity contribution is 6.02. The van der Waals surface area contributed by atoms with Gasteiger partial charge < -0.3 is 15.0 Å². The van der Waals surface area contributed by atoms with Crippen molar-refractivity contribution in [2.75, 3.05) is 31.1 Å². The summed E-state index contributed by atoms with van der Waals surface area (Å²) in [5, 5.41) is 3.12. The third-order valence-corrected chi connectivity index (χ3v) is 6.35.